The second kappa shape index (κ2) is 6.69. The summed E-state index contributed by atoms with van der Waals surface area (Å²) in [7, 11) is 1.56. The lowest BCUT2D eigenvalue weighted by molar-refractivity contribution is 0.0429. The van der Waals surface area contributed by atoms with Crippen LogP contribution in [0.2, 0.25) is 0 Å². The van der Waals surface area contributed by atoms with E-state index >= 15 is 0 Å². The molecule has 1 rings (SSSR count). The zero-order valence-electron chi connectivity index (χ0n) is 14.7. The highest BCUT2D eigenvalue weighted by Gasteiger charge is 2.28. The molecule has 1 N–H and O–H groups in total. The Hall–Kier alpha value is -1.55. The number of benzene rings is 1. The maximum absolute atomic E-state index is 12.3. The summed E-state index contributed by atoms with van der Waals surface area (Å²) in [6.45, 7) is 12.3. The molecule has 0 aliphatic carbocycles. The van der Waals surface area contributed by atoms with Gasteiger partial charge in [-0.15, -0.1) is 0 Å². The van der Waals surface area contributed by atoms with Crippen molar-refractivity contribution in [1.29, 1.82) is 0 Å². The summed E-state index contributed by atoms with van der Waals surface area (Å²) < 4.78 is 10.6. The second-order valence-electron chi connectivity index (χ2n) is 7.46. The quantitative estimate of drug-likeness (QED) is 0.866. The van der Waals surface area contributed by atoms with E-state index in [4.69, 9.17) is 14.6 Å². The molecule has 0 heterocycles. The Labute approximate surface area is 133 Å². The number of ether oxygens (including phenoxy) is 2. The van der Waals surface area contributed by atoms with Gasteiger partial charge >= 0.3 is 5.97 Å². The summed E-state index contributed by atoms with van der Waals surface area (Å²) in [4.78, 5) is 12.3. The van der Waals surface area contributed by atoms with Gasteiger partial charge in [-0.2, -0.15) is 0 Å². The van der Waals surface area contributed by atoms with Gasteiger partial charge in [-0.25, -0.2) is 4.79 Å². The van der Waals surface area contributed by atoms with Crippen LogP contribution in [-0.2, 0) is 15.6 Å². The normalized spacial score (nSPS) is 12.2. The number of hydrogen-bond donors (Lipinski definition) is 1. The Bertz CT molecular complexity index is 533. The van der Waals surface area contributed by atoms with Crippen molar-refractivity contribution in [2.75, 3.05) is 20.3 Å². The monoisotopic (exact) mass is 308 g/mol. The molecule has 0 spiro atoms. The van der Waals surface area contributed by atoms with Gasteiger partial charge in [-0.1, -0.05) is 47.6 Å². The van der Waals surface area contributed by atoms with Crippen molar-refractivity contribution in [2.24, 2.45) is 0 Å². The van der Waals surface area contributed by atoms with Gasteiger partial charge in [0.15, 0.2) is 0 Å². The fourth-order valence-corrected chi connectivity index (χ4v) is 2.21. The average molecular weight is 308 g/mol. The minimum absolute atomic E-state index is 0.0212. The van der Waals surface area contributed by atoms with Crippen LogP contribution in [0.25, 0.3) is 0 Å². The van der Waals surface area contributed by atoms with Crippen molar-refractivity contribution in [1.82, 2.24) is 0 Å². The van der Waals surface area contributed by atoms with Gasteiger partial charge < -0.3 is 14.6 Å². The third-order valence-electron chi connectivity index (χ3n) is 3.51. The summed E-state index contributed by atoms with van der Waals surface area (Å²) >= 11 is 0. The number of aliphatic hydroxyl groups is 1. The molecule has 22 heavy (non-hydrogen) atoms. The van der Waals surface area contributed by atoms with E-state index in [1.54, 1.807) is 7.11 Å². The third-order valence-corrected chi connectivity index (χ3v) is 3.51. The Morgan fingerprint density at radius 1 is 1.09 bits per heavy atom. The molecule has 0 unspecified atom stereocenters. The molecule has 0 aromatic heterocycles. The van der Waals surface area contributed by atoms with E-state index in [1.165, 1.54) is 0 Å². The lowest BCUT2D eigenvalue weighted by Gasteiger charge is -2.28. The first-order valence-corrected chi connectivity index (χ1v) is 7.53. The predicted octanol–water partition coefficient (Wildman–Crippen LogP) is 3.44. The zero-order valence-corrected chi connectivity index (χ0v) is 14.7. The van der Waals surface area contributed by atoms with E-state index in [2.05, 4.69) is 47.6 Å². The molecule has 0 radical (unpaired) electrons. The molecule has 0 aliphatic rings. The second-order valence-corrected chi connectivity index (χ2v) is 7.46. The fourth-order valence-electron chi connectivity index (χ4n) is 2.21. The minimum Gasteiger partial charge on any atom is -0.496 e. The van der Waals surface area contributed by atoms with E-state index in [0.717, 1.165) is 11.1 Å². The smallest absolute Gasteiger partial charge is 0.342 e. The van der Waals surface area contributed by atoms with Crippen molar-refractivity contribution in [3.05, 3.63) is 28.8 Å². The minimum atomic E-state index is -0.470. The maximum atomic E-state index is 12.3. The van der Waals surface area contributed by atoms with Crippen LogP contribution in [0, 0.1) is 0 Å². The van der Waals surface area contributed by atoms with Gasteiger partial charge in [0.05, 0.1) is 13.7 Å². The summed E-state index contributed by atoms with van der Waals surface area (Å²) in [5.41, 5.74) is 2.16. The zero-order chi connectivity index (χ0) is 17.1. The molecule has 124 valence electrons. The topological polar surface area (TPSA) is 55.8 Å². The third kappa shape index (κ3) is 4.23. The van der Waals surface area contributed by atoms with Gasteiger partial charge in [0.2, 0.25) is 0 Å². The molecule has 0 bridgehead atoms. The van der Waals surface area contributed by atoms with Crippen LogP contribution in [0.5, 0.6) is 5.75 Å². The first-order chi connectivity index (χ1) is 10.0. The number of hydrogen-bond acceptors (Lipinski definition) is 4. The van der Waals surface area contributed by atoms with Crippen LogP contribution >= 0.6 is 0 Å². The van der Waals surface area contributed by atoms with E-state index in [1.807, 2.05) is 6.07 Å². The molecule has 0 amide bonds. The molecule has 0 fully saturated rings. The molecule has 0 atom stereocenters. The van der Waals surface area contributed by atoms with Crippen molar-refractivity contribution < 1.29 is 19.4 Å². The molecule has 4 nitrogen and oxygen atoms in total. The molecule has 0 saturated carbocycles. The van der Waals surface area contributed by atoms with Gasteiger partial charge in [0.1, 0.15) is 17.9 Å². The largest absolute Gasteiger partial charge is 0.496 e. The molecular weight excluding hydrogens is 280 g/mol. The van der Waals surface area contributed by atoms with Crippen molar-refractivity contribution in [3.63, 3.8) is 0 Å². The van der Waals surface area contributed by atoms with E-state index in [-0.39, 0.29) is 24.0 Å². The van der Waals surface area contributed by atoms with Crippen LogP contribution in [0.15, 0.2) is 12.1 Å². The van der Waals surface area contributed by atoms with Crippen LogP contribution in [0.4, 0.5) is 0 Å². The van der Waals surface area contributed by atoms with Crippen LogP contribution in [0.3, 0.4) is 0 Å². The SMILES string of the molecule is COc1c(C(=O)OCCO)cc(C(C)(C)C)cc1C(C)(C)C. The van der Waals surface area contributed by atoms with E-state index in [0.29, 0.717) is 11.3 Å². The number of carbonyl (C=O) groups excluding carboxylic acids is 1. The first kappa shape index (κ1) is 18.5. The Kier molecular flexibility index (Phi) is 5.63. The average Bonchev–Trinajstić information content (AvgIpc) is 2.41. The van der Waals surface area contributed by atoms with Crippen LogP contribution in [-0.4, -0.2) is 31.4 Å². The number of aliphatic hydroxyl groups excluding tert-OH is 1. The first-order valence-electron chi connectivity index (χ1n) is 7.53. The fraction of sp³-hybridized carbons (Fsp3) is 0.611. The number of rotatable bonds is 4. The predicted molar refractivity (Wildman–Crippen MR) is 87.8 cm³/mol. The number of methoxy groups -OCH3 is 1. The van der Waals surface area contributed by atoms with Crippen LogP contribution in [0.1, 0.15) is 63.0 Å². The van der Waals surface area contributed by atoms with Gasteiger partial charge in [-0.05, 0) is 22.5 Å². The van der Waals surface area contributed by atoms with Gasteiger partial charge in [-0.3, -0.25) is 0 Å². The summed E-state index contributed by atoms with van der Waals surface area (Å²) in [5, 5.41) is 8.85. The van der Waals surface area contributed by atoms with Gasteiger partial charge in [0.25, 0.3) is 0 Å². The Morgan fingerprint density at radius 3 is 2.09 bits per heavy atom. The summed E-state index contributed by atoms with van der Waals surface area (Å²) in [6, 6.07) is 3.93. The molecule has 1 aromatic carbocycles. The lowest BCUT2D eigenvalue weighted by Crippen LogP contribution is -2.21. The van der Waals surface area contributed by atoms with Crippen molar-refractivity contribution in [2.45, 2.75) is 52.4 Å². The Balaban J connectivity index is 3.55. The van der Waals surface area contributed by atoms with Crippen molar-refractivity contribution >= 4 is 5.97 Å². The number of carbonyl (C=O) groups is 1. The highest BCUT2D eigenvalue weighted by molar-refractivity contribution is 5.93. The van der Waals surface area contributed by atoms with E-state index < -0.39 is 5.97 Å². The van der Waals surface area contributed by atoms with Crippen LogP contribution < -0.4 is 4.74 Å². The molecule has 1 aromatic rings. The molecule has 0 aliphatic heterocycles. The summed E-state index contributed by atoms with van der Waals surface area (Å²) in [6.07, 6.45) is 0. The van der Waals surface area contributed by atoms with Gasteiger partial charge in [0, 0.05) is 5.56 Å². The molecule has 0 saturated heterocycles. The molecule has 4 heteroatoms. The highest BCUT2D eigenvalue weighted by Crippen LogP contribution is 2.38. The highest BCUT2D eigenvalue weighted by atomic mass is 16.5. The molecular formula is C18H28O4. The standard InChI is InChI=1S/C18H28O4/c1-17(2,3)12-10-13(16(20)22-9-8-19)15(21-7)14(11-12)18(4,5)6/h10-11,19H,8-9H2,1-7H3. The van der Waals surface area contributed by atoms with E-state index in [9.17, 15) is 4.79 Å². The van der Waals surface area contributed by atoms with Crippen molar-refractivity contribution in [3.8, 4) is 5.75 Å². The lowest BCUT2D eigenvalue weighted by atomic mass is 9.79. The maximum Gasteiger partial charge on any atom is 0.342 e. The summed E-state index contributed by atoms with van der Waals surface area (Å²) in [5.74, 6) is 0.0749. The Morgan fingerprint density at radius 2 is 1.68 bits per heavy atom. The number of esters is 1.